The van der Waals surface area contributed by atoms with Crippen LogP contribution in [0.4, 0.5) is 13.2 Å². The Labute approximate surface area is 211 Å². The van der Waals surface area contributed by atoms with Crippen LogP contribution in [0.2, 0.25) is 0 Å². The first-order valence-electron chi connectivity index (χ1n) is 11.7. The number of nitrogens with zero attached hydrogens (tertiary/aromatic N) is 1. The summed E-state index contributed by atoms with van der Waals surface area (Å²) in [4.78, 5) is 37.2. The molecule has 2 aliphatic heterocycles. The number of amides is 1. The van der Waals surface area contributed by atoms with Gasteiger partial charge in [0, 0.05) is 34.4 Å². The number of ether oxygens (including phenoxy) is 1. The number of halogens is 3. The Bertz CT molecular complexity index is 1150. The van der Waals surface area contributed by atoms with E-state index in [1.54, 1.807) is 25.1 Å². The molecule has 1 fully saturated rings. The zero-order valence-electron chi connectivity index (χ0n) is 19.7. The second-order valence-corrected chi connectivity index (χ2v) is 9.52. The van der Waals surface area contributed by atoms with Crippen molar-refractivity contribution in [3.05, 3.63) is 59.2 Å². The highest BCUT2D eigenvalue weighted by Crippen LogP contribution is 2.41. The van der Waals surface area contributed by atoms with Gasteiger partial charge in [0.25, 0.3) is 0 Å². The Kier molecular flexibility index (Phi) is 8.25. The fourth-order valence-electron chi connectivity index (χ4n) is 4.18. The molecule has 4 rings (SSSR count). The minimum absolute atomic E-state index is 0.0531. The minimum Gasteiger partial charge on any atom is -0.464 e. The van der Waals surface area contributed by atoms with Crippen molar-refractivity contribution in [3.63, 3.8) is 0 Å². The number of alkyl halides is 3. The smallest absolute Gasteiger partial charge is 0.417 e. The molecule has 0 N–H and O–H groups in total. The second-order valence-electron chi connectivity index (χ2n) is 8.41. The maximum atomic E-state index is 13.9. The van der Waals surface area contributed by atoms with Crippen LogP contribution >= 0.6 is 11.8 Å². The fraction of sp³-hybridized carbons (Fsp3) is 0.385. The molecule has 2 aromatic rings. The Balaban J connectivity index is 1.53. The molecule has 0 aromatic heterocycles. The molecule has 1 atom stereocenters. The molecule has 0 spiro atoms. The Morgan fingerprint density at radius 2 is 2.03 bits per heavy atom. The van der Waals surface area contributed by atoms with Crippen molar-refractivity contribution < 1.29 is 37.3 Å². The predicted octanol–water partition coefficient (Wildman–Crippen LogP) is 5.68. The van der Waals surface area contributed by atoms with E-state index in [-0.39, 0.29) is 17.1 Å². The molecule has 1 saturated heterocycles. The van der Waals surface area contributed by atoms with Gasteiger partial charge in [0.1, 0.15) is 6.04 Å². The number of hydrogen-bond acceptors (Lipinski definition) is 6. The van der Waals surface area contributed by atoms with Gasteiger partial charge in [0.15, 0.2) is 5.75 Å². The number of likely N-dealkylation sites (tertiary alicyclic amines) is 1. The Hall–Kier alpha value is -2.98. The van der Waals surface area contributed by atoms with Crippen molar-refractivity contribution >= 4 is 29.7 Å². The SMILES string of the molecule is CCOC(=O)C1CCCCN1C(=O)/C=C/c1ccc(Sc2ccc3c(c2)CCOO3)c(C(F)(F)F)c1. The maximum absolute atomic E-state index is 13.9. The molecule has 2 aliphatic rings. The third-order valence-corrected chi connectivity index (χ3v) is 7.00. The molecule has 0 bridgehead atoms. The van der Waals surface area contributed by atoms with Gasteiger partial charge in [0.05, 0.1) is 18.8 Å². The van der Waals surface area contributed by atoms with Crippen molar-refractivity contribution in [2.45, 2.75) is 54.6 Å². The van der Waals surface area contributed by atoms with Crippen LogP contribution in [0, 0.1) is 0 Å². The lowest BCUT2D eigenvalue weighted by Gasteiger charge is -2.33. The summed E-state index contributed by atoms with van der Waals surface area (Å²) in [7, 11) is 0. The van der Waals surface area contributed by atoms with Crippen molar-refractivity contribution in [2.75, 3.05) is 19.8 Å². The number of piperidine rings is 1. The Morgan fingerprint density at radius 3 is 2.81 bits per heavy atom. The number of benzene rings is 2. The topological polar surface area (TPSA) is 65.1 Å². The highest BCUT2D eigenvalue weighted by atomic mass is 32.2. The van der Waals surface area contributed by atoms with E-state index in [0.29, 0.717) is 36.6 Å². The third kappa shape index (κ3) is 6.22. The molecular weight excluding hydrogens is 495 g/mol. The number of hydrogen-bond donors (Lipinski definition) is 0. The van der Waals surface area contributed by atoms with Crippen molar-refractivity contribution in [3.8, 4) is 5.75 Å². The van der Waals surface area contributed by atoms with Gasteiger partial charge in [-0.15, -0.1) is 0 Å². The van der Waals surface area contributed by atoms with Crippen molar-refractivity contribution in [2.24, 2.45) is 0 Å². The first-order valence-corrected chi connectivity index (χ1v) is 12.5. The van der Waals surface area contributed by atoms with E-state index in [1.165, 1.54) is 29.2 Å². The summed E-state index contributed by atoms with van der Waals surface area (Å²) >= 11 is 1.01. The number of carbonyl (C=O) groups is 2. The summed E-state index contributed by atoms with van der Waals surface area (Å²) in [5.41, 5.74) is 0.319. The van der Waals surface area contributed by atoms with Gasteiger partial charge in [0.2, 0.25) is 5.91 Å². The lowest BCUT2D eigenvalue weighted by Crippen LogP contribution is -2.48. The van der Waals surface area contributed by atoms with Gasteiger partial charge in [-0.3, -0.25) is 4.79 Å². The van der Waals surface area contributed by atoms with Crippen LogP contribution in [0.1, 0.15) is 42.9 Å². The molecule has 2 aromatic carbocycles. The van der Waals surface area contributed by atoms with Gasteiger partial charge in [-0.2, -0.15) is 18.1 Å². The second kappa shape index (κ2) is 11.4. The van der Waals surface area contributed by atoms with Gasteiger partial charge in [-0.25, -0.2) is 4.79 Å². The number of fused-ring (bicyclic) bond motifs is 1. The van der Waals surface area contributed by atoms with Crippen molar-refractivity contribution in [1.29, 1.82) is 0 Å². The summed E-state index contributed by atoms with van der Waals surface area (Å²) in [5, 5.41) is 0. The average molecular weight is 522 g/mol. The standard InChI is InChI=1S/C26H26F3NO5S/c1-2-33-25(32)21-5-3-4-13-30(21)24(31)11-7-17-6-10-23(20(15-17)26(27,28)29)36-19-8-9-22-18(16-19)12-14-34-35-22/h6-11,15-16,21H,2-5,12-14H2,1H3/b11-7+. The maximum Gasteiger partial charge on any atom is 0.417 e. The minimum atomic E-state index is -4.58. The van der Waals surface area contributed by atoms with E-state index in [0.717, 1.165) is 36.2 Å². The molecule has 6 nitrogen and oxygen atoms in total. The summed E-state index contributed by atoms with van der Waals surface area (Å²) in [6.07, 6.45) is 0.650. The first-order chi connectivity index (χ1) is 17.3. The van der Waals surface area contributed by atoms with Crippen LogP contribution in [0.15, 0.2) is 52.3 Å². The highest BCUT2D eigenvalue weighted by molar-refractivity contribution is 7.99. The number of esters is 1. The van der Waals surface area contributed by atoms with Gasteiger partial charge >= 0.3 is 12.1 Å². The van der Waals surface area contributed by atoms with E-state index in [9.17, 15) is 22.8 Å². The normalized spacial score (nSPS) is 18.0. The summed E-state index contributed by atoms with van der Waals surface area (Å²) in [5.74, 6) is -0.327. The predicted molar refractivity (Wildman–Crippen MR) is 127 cm³/mol. The van der Waals surface area contributed by atoms with Gasteiger partial charge < -0.3 is 14.5 Å². The van der Waals surface area contributed by atoms with E-state index in [4.69, 9.17) is 14.5 Å². The van der Waals surface area contributed by atoms with Gasteiger partial charge in [-0.1, -0.05) is 17.8 Å². The molecule has 36 heavy (non-hydrogen) atoms. The van der Waals surface area contributed by atoms with E-state index in [1.807, 2.05) is 0 Å². The molecule has 0 aliphatic carbocycles. The lowest BCUT2D eigenvalue weighted by atomic mass is 10.0. The summed E-state index contributed by atoms with van der Waals surface area (Å²) in [6, 6.07) is 8.46. The van der Waals surface area contributed by atoms with Crippen LogP contribution < -0.4 is 4.89 Å². The van der Waals surface area contributed by atoms with Crippen LogP contribution in [-0.4, -0.2) is 42.6 Å². The number of carbonyl (C=O) groups excluding carboxylic acids is 2. The molecule has 0 radical (unpaired) electrons. The largest absolute Gasteiger partial charge is 0.464 e. The van der Waals surface area contributed by atoms with Crippen molar-refractivity contribution in [1.82, 2.24) is 4.90 Å². The molecule has 10 heteroatoms. The molecule has 192 valence electrons. The third-order valence-electron chi connectivity index (χ3n) is 5.94. The zero-order valence-corrected chi connectivity index (χ0v) is 20.5. The van der Waals surface area contributed by atoms with Crippen LogP contribution in [0.3, 0.4) is 0 Å². The fourth-order valence-corrected chi connectivity index (χ4v) is 5.20. The van der Waals surface area contributed by atoms with E-state index >= 15 is 0 Å². The van der Waals surface area contributed by atoms with Crippen LogP contribution in [0.25, 0.3) is 6.08 Å². The van der Waals surface area contributed by atoms with Crippen LogP contribution in [-0.2, 0) is 31.8 Å². The monoisotopic (exact) mass is 521 g/mol. The lowest BCUT2D eigenvalue weighted by molar-refractivity contribution is -0.215. The van der Waals surface area contributed by atoms with Gasteiger partial charge in [-0.05, 0) is 68.2 Å². The average Bonchev–Trinajstić information content (AvgIpc) is 2.87. The number of rotatable bonds is 6. The molecule has 2 heterocycles. The van der Waals surface area contributed by atoms with E-state index in [2.05, 4.69) is 0 Å². The summed E-state index contributed by atoms with van der Waals surface area (Å²) in [6.45, 7) is 2.69. The Morgan fingerprint density at radius 1 is 1.19 bits per heavy atom. The molecular formula is C26H26F3NO5S. The first kappa shape index (κ1) is 26.1. The van der Waals surface area contributed by atoms with E-state index < -0.39 is 29.7 Å². The summed E-state index contributed by atoms with van der Waals surface area (Å²) < 4.78 is 46.8. The van der Waals surface area contributed by atoms with Crippen LogP contribution in [0.5, 0.6) is 5.75 Å². The quantitative estimate of drug-likeness (QED) is 0.277. The highest BCUT2D eigenvalue weighted by Gasteiger charge is 2.34. The molecule has 1 unspecified atom stereocenters. The molecule has 1 amide bonds. The zero-order chi connectivity index (χ0) is 25.7. The molecule has 0 saturated carbocycles.